The molecule has 12 N–H and O–H groups in total. The van der Waals surface area contributed by atoms with Crippen LogP contribution in [-0.4, -0.2) is 44.1 Å². The van der Waals surface area contributed by atoms with Crippen LogP contribution in [0.1, 0.15) is 31.4 Å². The summed E-state index contributed by atoms with van der Waals surface area (Å²) in [6.07, 6.45) is -0.219. The van der Waals surface area contributed by atoms with Crippen molar-refractivity contribution in [3.8, 4) is 0 Å². The van der Waals surface area contributed by atoms with Gasteiger partial charge in [-0.05, 0) is 43.5 Å². The van der Waals surface area contributed by atoms with Crippen LogP contribution in [0.2, 0.25) is 0 Å². The van der Waals surface area contributed by atoms with Crippen molar-refractivity contribution >= 4 is 57.4 Å². The second-order valence-electron chi connectivity index (χ2n) is 12.2. The Morgan fingerprint density at radius 2 is 0.945 bits per heavy atom. The number of carbonyl (C=O) groups excluding carboxylic acids is 2. The van der Waals surface area contributed by atoms with Gasteiger partial charge in [0.2, 0.25) is 11.8 Å². The minimum absolute atomic E-state index is 0.0532. The van der Waals surface area contributed by atoms with Gasteiger partial charge in [-0.1, -0.05) is 60.7 Å². The van der Waals surface area contributed by atoms with Gasteiger partial charge in [-0.3, -0.25) is 20.4 Å². The van der Waals surface area contributed by atoms with Crippen LogP contribution in [0, 0.1) is 32.7 Å². The summed E-state index contributed by atoms with van der Waals surface area (Å²) < 4.78 is 0. The molecule has 6 unspecified atom stereocenters. The van der Waals surface area contributed by atoms with Gasteiger partial charge in [-0.2, -0.15) is 31.1 Å². The van der Waals surface area contributed by atoms with Crippen molar-refractivity contribution in [2.24, 2.45) is 22.0 Å². The Kier molecular flexibility index (Phi) is 15.4. The molecule has 6 atom stereocenters. The summed E-state index contributed by atoms with van der Waals surface area (Å²) in [7, 11) is 0. The summed E-state index contributed by atoms with van der Waals surface area (Å²) in [6.45, 7) is 3.25. The Morgan fingerprint density at radius 3 is 1.27 bits per heavy atom. The molecule has 292 valence electrons. The quantitative estimate of drug-likeness (QED) is 0.0465. The average Bonchev–Trinajstić information content (AvgIpc) is 3.18. The molecule has 0 bridgehead atoms. The van der Waals surface area contributed by atoms with Crippen LogP contribution in [0.15, 0.2) is 107 Å². The number of carbonyl (C=O) groups is 2. The molecular formula is C35H42N10O10. The van der Waals surface area contributed by atoms with Crippen LogP contribution in [0.4, 0.5) is 34.1 Å². The maximum Gasteiger partial charge on any atom is 0.229 e. The van der Waals surface area contributed by atoms with Crippen LogP contribution in [0.3, 0.4) is 0 Å². The number of nitrogens with one attached hydrogen (secondary N) is 8. The van der Waals surface area contributed by atoms with Crippen molar-refractivity contribution in [1.29, 1.82) is 0 Å². The zero-order chi connectivity index (χ0) is 40.1. The number of rotatable bonds is 18. The third-order valence-electron chi connectivity index (χ3n) is 8.43. The van der Waals surface area contributed by atoms with E-state index in [0.717, 1.165) is 23.3 Å². The van der Waals surface area contributed by atoms with Crippen molar-refractivity contribution in [2.45, 2.75) is 33.4 Å². The standard InChI is InChI=1S/C35H42N10O10/c1-22(38-40-30-15-13-26(42(48)49)17-32(30)44(52)53)28(34(46)36-20-24-9-5-3-6-10-24)19-29(35(47)37-21-25-11-7-4-8-12-25)23(2)39-41-31-16-14-27(43(50)51)18-33(31)45(54)55/h3-18,28-29,40-45,48,50,52,54H,19-21H2,1-2H3,(H,36,46)(H,37,47)/b38-22-,39-23-. The molecule has 0 saturated carbocycles. The van der Waals surface area contributed by atoms with E-state index in [1.54, 1.807) is 24.3 Å². The zero-order valence-corrected chi connectivity index (χ0v) is 29.6. The molecule has 20 heteroatoms. The third-order valence-corrected chi connectivity index (χ3v) is 8.43. The van der Waals surface area contributed by atoms with Gasteiger partial charge in [-0.25, -0.2) is 20.8 Å². The highest BCUT2D eigenvalue weighted by Crippen LogP contribution is 2.24. The number of hydrogen-bond donors (Lipinski definition) is 12. The summed E-state index contributed by atoms with van der Waals surface area (Å²) in [4.78, 5) is 27.9. The van der Waals surface area contributed by atoms with E-state index in [1.807, 2.05) is 36.4 Å². The molecule has 55 heavy (non-hydrogen) atoms. The monoisotopic (exact) mass is 762 g/mol. The summed E-state index contributed by atoms with van der Waals surface area (Å²) in [5.74, 6) is -3.34. The normalized spacial score (nSPS) is 15.2. The summed E-state index contributed by atoms with van der Waals surface area (Å²) in [6, 6.07) is 24.8. The summed E-state index contributed by atoms with van der Waals surface area (Å²) in [5, 5.41) is 93.8. The van der Waals surface area contributed by atoms with Gasteiger partial charge in [0.05, 0.1) is 24.0 Å². The molecule has 2 amide bonds. The number of nitrogens with zero attached hydrogens (tertiary/aromatic N) is 2. The molecular weight excluding hydrogens is 720 g/mol. The molecule has 4 rings (SSSR count). The van der Waals surface area contributed by atoms with Gasteiger partial charge in [0.25, 0.3) is 0 Å². The number of anilines is 2. The molecule has 0 radical (unpaired) electrons. The average molecular weight is 763 g/mol. The molecule has 0 spiro atoms. The van der Waals surface area contributed by atoms with E-state index >= 15 is 0 Å². The first-order chi connectivity index (χ1) is 26.2. The lowest BCUT2D eigenvalue weighted by Crippen LogP contribution is -3.00. The highest BCUT2D eigenvalue weighted by Gasteiger charge is 2.32. The van der Waals surface area contributed by atoms with Crippen molar-refractivity contribution in [2.75, 3.05) is 10.9 Å². The highest BCUT2D eigenvalue weighted by molar-refractivity contribution is 6.07. The van der Waals surface area contributed by atoms with Crippen molar-refractivity contribution in [1.82, 2.24) is 10.6 Å². The van der Waals surface area contributed by atoms with Crippen LogP contribution in [0.5, 0.6) is 0 Å². The van der Waals surface area contributed by atoms with Crippen molar-refractivity contribution < 1.29 is 51.3 Å². The molecule has 0 fully saturated rings. The van der Waals surface area contributed by atoms with Gasteiger partial charge in [-0.15, -0.1) is 0 Å². The molecule has 4 aromatic rings. The Labute approximate surface area is 314 Å². The van der Waals surface area contributed by atoms with E-state index in [1.165, 1.54) is 38.1 Å². The summed E-state index contributed by atoms with van der Waals surface area (Å²) >= 11 is 0. The largest absolute Gasteiger partial charge is 0.595 e. The summed E-state index contributed by atoms with van der Waals surface area (Å²) in [5.41, 5.74) is 5.67. The molecule has 0 aliphatic rings. The second-order valence-corrected chi connectivity index (χ2v) is 12.2. The molecule has 0 saturated heterocycles. The van der Waals surface area contributed by atoms with Gasteiger partial charge >= 0.3 is 0 Å². The number of hydrazone groups is 2. The van der Waals surface area contributed by atoms with Crippen molar-refractivity contribution in [3.63, 3.8) is 0 Å². The Hall–Kier alpha value is -5.72. The molecule has 20 nitrogen and oxygen atoms in total. The zero-order valence-electron chi connectivity index (χ0n) is 29.6. The third kappa shape index (κ3) is 12.1. The molecule has 0 aliphatic carbocycles. The topological polar surface area (TPSA) is 298 Å². The molecule has 4 aromatic carbocycles. The van der Waals surface area contributed by atoms with E-state index in [0.29, 0.717) is 0 Å². The molecule has 0 heterocycles. The maximum atomic E-state index is 13.9. The number of quaternary nitrogens is 4. The maximum absolute atomic E-state index is 13.9. The number of hydrogen-bond acceptors (Lipinski definition) is 14. The highest BCUT2D eigenvalue weighted by atomic mass is 16.8. The molecule has 0 aliphatic heterocycles. The van der Waals surface area contributed by atoms with Gasteiger partial charge in [0.1, 0.15) is 11.4 Å². The fourth-order valence-corrected chi connectivity index (χ4v) is 5.34. The van der Waals surface area contributed by atoms with Gasteiger partial charge < -0.3 is 31.5 Å². The van der Waals surface area contributed by atoms with Crippen molar-refractivity contribution in [3.05, 3.63) is 129 Å². The SMILES string of the molecule is C/C(=N/Nc1ccc([NH+]([O-])O)cc1[NH+]([O-])O)C(CC(C(=O)NCc1ccccc1)/C(C)=N\Nc1ccc([NH+]([O-])O)cc1[NH+]([O-])O)C(=O)NCc1ccccc1. The fourth-order valence-electron chi connectivity index (χ4n) is 5.34. The Morgan fingerprint density at radius 1 is 0.582 bits per heavy atom. The predicted octanol–water partition coefficient (Wildman–Crippen LogP) is -0.169. The van der Waals surface area contributed by atoms with E-state index < -0.39 is 44.6 Å². The molecule has 0 aromatic heterocycles. The van der Waals surface area contributed by atoms with Crippen LogP contribution < -0.4 is 42.4 Å². The van der Waals surface area contributed by atoms with E-state index in [9.17, 15) is 51.2 Å². The predicted molar refractivity (Wildman–Crippen MR) is 198 cm³/mol. The van der Waals surface area contributed by atoms with Gasteiger partial charge in [0.15, 0.2) is 22.7 Å². The second kappa shape index (κ2) is 20.1. The first-order valence-electron chi connectivity index (χ1n) is 16.7. The lowest BCUT2D eigenvalue weighted by atomic mass is 9.87. The van der Waals surface area contributed by atoms with Crippen LogP contribution in [-0.2, 0) is 22.7 Å². The first-order valence-corrected chi connectivity index (χ1v) is 16.7. The lowest BCUT2D eigenvalue weighted by molar-refractivity contribution is -0.996. The number of benzene rings is 4. The smallest absolute Gasteiger partial charge is 0.229 e. The van der Waals surface area contributed by atoms with Gasteiger partial charge in [0, 0.05) is 36.6 Å². The minimum Gasteiger partial charge on any atom is -0.595 e. The Balaban J connectivity index is 1.71. The lowest BCUT2D eigenvalue weighted by Gasteiger charge is -2.24. The first kappa shape index (κ1) is 42.0. The van der Waals surface area contributed by atoms with E-state index in [-0.39, 0.29) is 65.1 Å². The van der Waals surface area contributed by atoms with E-state index in [4.69, 9.17) is 0 Å². The number of amides is 2. The minimum atomic E-state index is -1.42. The fraction of sp³-hybridized carbons (Fsp3) is 0.200. The van der Waals surface area contributed by atoms with Crippen LogP contribution in [0.25, 0.3) is 0 Å². The Bertz CT molecular complexity index is 1810. The van der Waals surface area contributed by atoms with Crippen LogP contribution >= 0.6 is 0 Å². The van der Waals surface area contributed by atoms with E-state index in [2.05, 4.69) is 31.7 Å².